The van der Waals surface area contributed by atoms with Crippen LogP contribution >= 0.6 is 0 Å². The molecule has 132 valence electrons. The summed E-state index contributed by atoms with van der Waals surface area (Å²) >= 11 is 0. The van der Waals surface area contributed by atoms with E-state index < -0.39 is 0 Å². The van der Waals surface area contributed by atoms with E-state index in [1.54, 1.807) is 0 Å². The van der Waals surface area contributed by atoms with E-state index >= 15 is 0 Å². The van der Waals surface area contributed by atoms with Crippen molar-refractivity contribution in [2.24, 2.45) is 0 Å². The van der Waals surface area contributed by atoms with Gasteiger partial charge in [-0.3, -0.25) is 4.90 Å². The molecule has 2 heterocycles. The molecule has 26 heavy (non-hydrogen) atoms. The molecule has 0 saturated carbocycles. The normalized spacial score (nSPS) is 19.7. The predicted octanol–water partition coefficient (Wildman–Crippen LogP) is 2.78. The molecule has 0 saturated heterocycles. The predicted molar refractivity (Wildman–Crippen MR) is 99.5 cm³/mol. The summed E-state index contributed by atoms with van der Waals surface area (Å²) in [6.07, 6.45) is 2.84. The van der Waals surface area contributed by atoms with Gasteiger partial charge < -0.3 is 9.15 Å². The Balaban J connectivity index is 1.59. The Morgan fingerprint density at radius 2 is 1.81 bits per heavy atom. The lowest BCUT2D eigenvalue weighted by Crippen LogP contribution is -3.12. The third-order valence-corrected chi connectivity index (χ3v) is 5.93. The number of rotatable bonds is 2. The summed E-state index contributed by atoms with van der Waals surface area (Å²) in [4.78, 5) is 13.8. The van der Waals surface area contributed by atoms with Gasteiger partial charge in [-0.05, 0) is 43.9 Å². The summed E-state index contributed by atoms with van der Waals surface area (Å²) in [5.74, 6) is 0.850. The van der Waals surface area contributed by atoms with Gasteiger partial charge in [-0.2, -0.15) is 0 Å². The number of hydrogen-bond acceptors (Lipinski definition) is 3. The van der Waals surface area contributed by atoms with E-state index in [4.69, 9.17) is 9.15 Å². The van der Waals surface area contributed by atoms with E-state index in [0.29, 0.717) is 12.8 Å². The number of quaternary nitrogens is 1. The van der Waals surface area contributed by atoms with Crippen molar-refractivity contribution in [3.05, 3.63) is 75.1 Å². The highest BCUT2D eigenvalue weighted by Gasteiger charge is 2.30. The number of fused-ring (bicyclic) bond motifs is 5. The van der Waals surface area contributed by atoms with E-state index in [9.17, 15) is 4.79 Å². The molecule has 1 aliphatic carbocycles. The van der Waals surface area contributed by atoms with Crippen LogP contribution in [-0.2, 0) is 19.4 Å². The highest BCUT2D eigenvalue weighted by atomic mass is 16.5. The largest absolute Gasteiger partial charge is 0.445 e. The second-order valence-electron chi connectivity index (χ2n) is 7.38. The molecule has 5 rings (SSSR count). The Morgan fingerprint density at radius 1 is 1.00 bits per heavy atom. The van der Waals surface area contributed by atoms with Crippen LogP contribution in [0.5, 0.6) is 5.75 Å². The molecule has 1 N–H and O–H groups in total. The molecule has 1 aromatic heterocycles. The third kappa shape index (κ3) is 2.36. The van der Waals surface area contributed by atoms with Crippen molar-refractivity contribution < 1.29 is 14.1 Å². The highest BCUT2D eigenvalue weighted by Crippen LogP contribution is 2.34. The Morgan fingerprint density at radius 3 is 2.65 bits per heavy atom. The van der Waals surface area contributed by atoms with Crippen LogP contribution in [0.4, 0.5) is 0 Å². The zero-order valence-electron chi connectivity index (χ0n) is 14.9. The van der Waals surface area contributed by atoms with Gasteiger partial charge in [0.1, 0.15) is 18.3 Å². The van der Waals surface area contributed by atoms with Crippen LogP contribution in [0, 0.1) is 0 Å². The maximum Gasteiger partial charge on any atom is 0.339 e. The zero-order chi connectivity index (χ0) is 17.7. The van der Waals surface area contributed by atoms with Crippen LogP contribution < -0.4 is 15.3 Å². The number of hydrogen-bond donors (Lipinski definition) is 1. The molecule has 4 nitrogen and oxygen atoms in total. The van der Waals surface area contributed by atoms with Gasteiger partial charge in [-0.25, -0.2) is 4.79 Å². The Labute approximate surface area is 152 Å². The van der Waals surface area contributed by atoms with Crippen LogP contribution in [0.1, 0.15) is 41.6 Å². The maximum atomic E-state index is 12.4. The van der Waals surface area contributed by atoms with Crippen LogP contribution in [0.3, 0.4) is 0 Å². The summed E-state index contributed by atoms with van der Waals surface area (Å²) in [6, 6.07) is 14.9. The lowest BCUT2D eigenvalue weighted by Gasteiger charge is -2.31. The van der Waals surface area contributed by atoms with Crippen LogP contribution in [0.15, 0.2) is 51.7 Å². The van der Waals surface area contributed by atoms with Crippen LogP contribution in [0.25, 0.3) is 11.0 Å². The van der Waals surface area contributed by atoms with Gasteiger partial charge in [0.15, 0.2) is 5.58 Å². The molecular weight excluding hydrogens is 326 g/mol. The van der Waals surface area contributed by atoms with E-state index in [1.165, 1.54) is 16.0 Å². The molecule has 2 aliphatic rings. The topological polar surface area (TPSA) is 43.9 Å². The minimum absolute atomic E-state index is 0.165. The van der Waals surface area contributed by atoms with Gasteiger partial charge in [-0.1, -0.05) is 30.3 Å². The lowest BCUT2D eigenvalue weighted by atomic mass is 10.0. The average Bonchev–Trinajstić information content (AvgIpc) is 3.18. The van der Waals surface area contributed by atoms with E-state index in [-0.39, 0.29) is 5.63 Å². The van der Waals surface area contributed by atoms with Gasteiger partial charge in [0.2, 0.25) is 6.73 Å². The van der Waals surface area contributed by atoms with Crippen molar-refractivity contribution in [3.63, 3.8) is 0 Å². The van der Waals surface area contributed by atoms with E-state index in [0.717, 1.165) is 53.7 Å². The fourth-order valence-electron chi connectivity index (χ4n) is 4.39. The molecule has 2 aromatic carbocycles. The van der Waals surface area contributed by atoms with Crippen molar-refractivity contribution >= 4 is 11.0 Å². The summed E-state index contributed by atoms with van der Waals surface area (Å²) in [6.45, 7) is 3.63. The maximum absolute atomic E-state index is 12.4. The average molecular weight is 348 g/mol. The first-order valence-corrected chi connectivity index (χ1v) is 9.35. The summed E-state index contributed by atoms with van der Waals surface area (Å²) < 4.78 is 11.8. The monoisotopic (exact) mass is 348 g/mol. The standard InChI is InChI=1S/C22H21NO3/c1-14(15-6-3-2-4-7-15)23-12-19-20(25-13-23)11-10-17-16-8-5-9-18(16)22(24)26-21(17)19/h2-4,6-7,10-11,14H,5,8-9,12-13H2,1H3/p+1/t14-/m1/s1. The molecule has 1 unspecified atom stereocenters. The zero-order valence-corrected chi connectivity index (χ0v) is 14.9. The van der Waals surface area contributed by atoms with Gasteiger partial charge in [0.25, 0.3) is 0 Å². The molecule has 0 bridgehead atoms. The minimum atomic E-state index is -0.165. The molecule has 0 fully saturated rings. The van der Waals surface area contributed by atoms with Crippen molar-refractivity contribution in [3.8, 4) is 5.75 Å². The molecule has 0 amide bonds. The number of ether oxygens (including phenoxy) is 1. The first-order chi connectivity index (χ1) is 12.7. The van der Waals surface area contributed by atoms with Gasteiger partial charge in [-0.15, -0.1) is 0 Å². The molecule has 0 radical (unpaired) electrons. The number of nitrogens with one attached hydrogen (secondary N) is 1. The molecule has 3 aromatic rings. The summed E-state index contributed by atoms with van der Waals surface area (Å²) in [5.41, 5.74) is 4.93. The van der Waals surface area contributed by atoms with Gasteiger partial charge in [0.05, 0.1) is 5.56 Å². The molecule has 1 aliphatic heterocycles. The quantitative estimate of drug-likeness (QED) is 0.724. The number of aryl methyl sites for hydroxylation is 1. The van der Waals surface area contributed by atoms with Crippen molar-refractivity contribution in [2.45, 2.75) is 38.8 Å². The Hall–Kier alpha value is -2.59. The lowest BCUT2D eigenvalue weighted by molar-refractivity contribution is -0.960. The fraction of sp³-hybridized carbons (Fsp3) is 0.318. The Kier molecular flexibility index (Phi) is 3.61. The molecule has 2 atom stereocenters. The summed E-state index contributed by atoms with van der Waals surface area (Å²) in [5, 5.41) is 1.09. The SMILES string of the molecule is C[C@H](c1ccccc1)[NH+]1COc2ccc3c4c(c(=O)oc3c2C1)CCC4. The van der Waals surface area contributed by atoms with Crippen LogP contribution in [-0.4, -0.2) is 6.73 Å². The smallest absolute Gasteiger partial charge is 0.339 e. The van der Waals surface area contributed by atoms with E-state index in [1.807, 2.05) is 12.1 Å². The third-order valence-electron chi connectivity index (χ3n) is 5.93. The van der Waals surface area contributed by atoms with Crippen LogP contribution in [0.2, 0.25) is 0 Å². The number of benzene rings is 2. The van der Waals surface area contributed by atoms with E-state index in [2.05, 4.69) is 37.3 Å². The first kappa shape index (κ1) is 15.6. The first-order valence-electron chi connectivity index (χ1n) is 9.35. The fourth-order valence-corrected chi connectivity index (χ4v) is 4.39. The van der Waals surface area contributed by atoms with Crippen molar-refractivity contribution in [2.75, 3.05) is 6.73 Å². The second kappa shape index (κ2) is 5.99. The van der Waals surface area contributed by atoms with Gasteiger partial charge >= 0.3 is 5.63 Å². The minimum Gasteiger partial charge on any atom is -0.445 e. The second-order valence-corrected chi connectivity index (χ2v) is 7.38. The van der Waals surface area contributed by atoms with Crippen molar-refractivity contribution in [1.29, 1.82) is 0 Å². The summed E-state index contributed by atoms with van der Waals surface area (Å²) in [7, 11) is 0. The highest BCUT2D eigenvalue weighted by molar-refractivity contribution is 5.86. The van der Waals surface area contributed by atoms with Crippen molar-refractivity contribution in [1.82, 2.24) is 0 Å². The van der Waals surface area contributed by atoms with Gasteiger partial charge in [0, 0.05) is 16.5 Å². The molecule has 4 heteroatoms. The molecular formula is C22H22NO3+. The Bertz CT molecular complexity index is 1040. The molecule has 0 spiro atoms.